The summed E-state index contributed by atoms with van der Waals surface area (Å²) in [6.07, 6.45) is 0.781. The fourth-order valence-electron chi connectivity index (χ4n) is 0.930. The molecule has 0 aromatic heterocycles. The van der Waals surface area contributed by atoms with E-state index < -0.39 is 0 Å². The summed E-state index contributed by atoms with van der Waals surface area (Å²) in [7, 11) is 0. The lowest BCUT2D eigenvalue weighted by atomic mass is 10.2. The summed E-state index contributed by atoms with van der Waals surface area (Å²) >= 11 is 0. The average molecular weight is 190 g/mol. The molecule has 1 aromatic rings. The molecule has 2 heteroatoms. The lowest BCUT2D eigenvalue weighted by Gasteiger charge is -2.12. The highest BCUT2D eigenvalue weighted by Crippen LogP contribution is 2.20. The van der Waals surface area contributed by atoms with Gasteiger partial charge in [0, 0.05) is 5.92 Å². The molecule has 0 unspecified atom stereocenters. The van der Waals surface area contributed by atoms with Crippen LogP contribution in [0.1, 0.15) is 24.2 Å². The van der Waals surface area contributed by atoms with Gasteiger partial charge in [-0.1, -0.05) is 32.6 Å². The summed E-state index contributed by atoms with van der Waals surface area (Å²) < 4.78 is 5.47. The fraction of sp³-hybridized carbons (Fsp3) is 0.250. The van der Waals surface area contributed by atoms with Crippen molar-refractivity contribution in [3.63, 3.8) is 0 Å². The Kier molecular flexibility index (Phi) is 3.46. The second-order valence-corrected chi connectivity index (χ2v) is 3.38. The number of para-hydroxylation sites is 1. The maximum atomic E-state index is 10.7. The van der Waals surface area contributed by atoms with Crippen LogP contribution in [0.2, 0.25) is 0 Å². The van der Waals surface area contributed by atoms with E-state index >= 15 is 0 Å². The van der Waals surface area contributed by atoms with Crippen LogP contribution in [-0.4, -0.2) is 6.29 Å². The lowest BCUT2D eigenvalue weighted by molar-refractivity contribution is 0.112. The van der Waals surface area contributed by atoms with Crippen molar-refractivity contribution >= 4 is 6.29 Å². The van der Waals surface area contributed by atoms with Crippen LogP contribution in [0, 0.1) is 5.92 Å². The average Bonchev–Trinajstić information content (AvgIpc) is 2.18. The van der Waals surface area contributed by atoms with E-state index in [0.29, 0.717) is 17.1 Å². The normalized spacial score (nSPS) is 9.93. The molecule has 1 aromatic carbocycles. The third kappa shape index (κ3) is 2.46. The Morgan fingerprint density at radius 3 is 2.64 bits per heavy atom. The summed E-state index contributed by atoms with van der Waals surface area (Å²) in [6, 6.07) is 7.11. The SMILES string of the molecule is C=C(Oc1ccccc1C=O)C(C)C. The molecule has 0 saturated heterocycles. The topological polar surface area (TPSA) is 26.3 Å². The van der Waals surface area contributed by atoms with Crippen molar-refractivity contribution in [3.8, 4) is 5.75 Å². The Hall–Kier alpha value is -1.57. The minimum Gasteiger partial charge on any atom is -0.461 e. The zero-order chi connectivity index (χ0) is 10.6. The summed E-state index contributed by atoms with van der Waals surface area (Å²) in [5, 5.41) is 0. The molecule has 0 fully saturated rings. The second-order valence-electron chi connectivity index (χ2n) is 3.38. The van der Waals surface area contributed by atoms with E-state index in [1.165, 1.54) is 0 Å². The molecule has 0 spiro atoms. The smallest absolute Gasteiger partial charge is 0.153 e. The van der Waals surface area contributed by atoms with E-state index in [9.17, 15) is 4.79 Å². The quantitative estimate of drug-likeness (QED) is 0.538. The number of rotatable bonds is 4. The number of ether oxygens (including phenoxy) is 1. The van der Waals surface area contributed by atoms with Crippen molar-refractivity contribution in [2.24, 2.45) is 5.92 Å². The summed E-state index contributed by atoms with van der Waals surface area (Å²) in [6.45, 7) is 7.77. The van der Waals surface area contributed by atoms with Crippen LogP contribution in [-0.2, 0) is 0 Å². The van der Waals surface area contributed by atoms with Crippen LogP contribution in [0.25, 0.3) is 0 Å². The zero-order valence-corrected chi connectivity index (χ0v) is 8.49. The Morgan fingerprint density at radius 1 is 1.43 bits per heavy atom. The molecule has 1 rings (SSSR count). The minimum absolute atomic E-state index is 0.245. The first-order valence-corrected chi connectivity index (χ1v) is 4.56. The largest absolute Gasteiger partial charge is 0.461 e. The van der Waals surface area contributed by atoms with Crippen LogP contribution in [0.4, 0.5) is 0 Å². The van der Waals surface area contributed by atoms with Crippen LogP contribution in [0.3, 0.4) is 0 Å². The van der Waals surface area contributed by atoms with E-state index in [0.717, 1.165) is 6.29 Å². The van der Waals surface area contributed by atoms with Crippen LogP contribution in [0.15, 0.2) is 36.6 Å². The van der Waals surface area contributed by atoms with Gasteiger partial charge in [-0.25, -0.2) is 0 Å². The van der Waals surface area contributed by atoms with Gasteiger partial charge in [-0.3, -0.25) is 4.79 Å². The Labute approximate surface area is 84.2 Å². The molecule has 0 amide bonds. The highest BCUT2D eigenvalue weighted by atomic mass is 16.5. The van der Waals surface area contributed by atoms with E-state index in [4.69, 9.17) is 4.74 Å². The first kappa shape index (κ1) is 10.5. The predicted molar refractivity (Wildman–Crippen MR) is 56.4 cm³/mol. The third-order valence-corrected chi connectivity index (χ3v) is 1.93. The minimum atomic E-state index is 0.245. The third-order valence-electron chi connectivity index (χ3n) is 1.93. The predicted octanol–water partition coefficient (Wildman–Crippen LogP) is 3.05. The summed E-state index contributed by atoms with van der Waals surface area (Å²) in [5.41, 5.74) is 0.550. The standard InChI is InChI=1S/C12H14O2/c1-9(2)10(3)14-12-7-5-4-6-11(12)8-13/h4-9H,3H2,1-2H3. The van der Waals surface area contributed by atoms with Crippen LogP contribution < -0.4 is 4.74 Å². The van der Waals surface area contributed by atoms with Gasteiger partial charge in [-0.2, -0.15) is 0 Å². The monoisotopic (exact) mass is 190 g/mol. The molecular formula is C12H14O2. The highest BCUT2D eigenvalue weighted by molar-refractivity contribution is 5.79. The van der Waals surface area contributed by atoms with Gasteiger partial charge in [0.25, 0.3) is 0 Å². The van der Waals surface area contributed by atoms with Crippen molar-refractivity contribution < 1.29 is 9.53 Å². The van der Waals surface area contributed by atoms with Gasteiger partial charge < -0.3 is 4.74 Å². The second kappa shape index (κ2) is 4.61. The molecule has 74 valence electrons. The molecular weight excluding hydrogens is 176 g/mol. The van der Waals surface area contributed by atoms with E-state index in [1.807, 2.05) is 19.9 Å². The maximum Gasteiger partial charge on any atom is 0.153 e. The fourth-order valence-corrected chi connectivity index (χ4v) is 0.930. The maximum absolute atomic E-state index is 10.7. The molecule has 0 saturated carbocycles. The van der Waals surface area contributed by atoms with Gasteiger partial charge in [-0.05, 0) is 12.1 Å². The number of aldehydes is 1. The number of hydrogen-bond donors (Lipinski definition) is 0. The first-order chi connectivity index (χ1) is 6.65. The molecule has 0 atom stereocenters. The highest BCUT2D eigenvalue weighted by Gasteiger charge is 2.06. The summed E-state index contributed by atoms with van der Waals surface area (Å²) in [5.74, 6) is 1.48. The number of carbonyl (C=O) groups is 1. The summed E-state index contributed by atoms with van der Waals surface area (Å²) in [4.78, 5) is 10.7. The molecule has 0 aliphatic carbocycles. The first-order valence-electron chi connectivity index (χ1n) is 4.56. The number of allylic oxidation sites excluding steroid dienone is 1. The molecule has 0 N–H and O–H groups in total. The van der Waals surface area contributed by atoms with E-state index in [2.05, 4.69) is 6.58 Å². The van der Waals surface area contributed by atoms with Gasteiger partial charge in [0.05, 0.1) is 11.3 Å². The molecule has 2 nitrogen and oxygen atoms in total. The van der Waals surface area contributed by atoms with Crippen LogP contribution in [0.5, 0.6) is 5.75 Å². The van der Waals surface area contributed by atoms with Gasteiger partial charge in [0.2, 0.25) is 0 Å². The van der Waals surface area contributed by atoms with Crippen molar-refractivity contribution in [3.05, 3.63) is 42.2 Å². The van der Waals surface area contributed by atoms with Gasteiger partial charge in [0.1, 0.15) is 5.75 Å². The van der Waals surface area contributed by atoms with E-state index in [1.54, 1.807) is 18.2 Å². The van der Waals surface area contributed by atoms with E-state index in [-0.39, 0.29) is 5.92 Å². The molecule has 0 aliphatic rings. The van der Waals surface area contributed by atoms with Gasteiger partial charge in [-0.15, -0.1) is 0 Å². The molecule has 14 heavy (non-hydrogen) atoms. The number of carbonyl (C=O) groups excluding carboxylic acids is 1. The van der Waals surface area contributed by atoms with Crippen molar-refractivity contribution in [2.45, 2.75) is 13.8 Å². The van der Waals surface area contributed by atoms with Crippen LogP contribution >= 0.6 is 0 Å². The van der Waals surface area contributed by atoms with Crippen molar-refractivity contribution in [2.75, 3.05) is 0 Å². The Balaban J connectivity index is 2.85. The van der Waals surface area contributed by atoms with Crippen molar-refractivity contribution in [1.82, 2.24) is 0 Å². The molecule has 0 heterocycles. The Bertz CT molecular complexity index is 340. The van der Waals surface area contributed by atoms with Crippen molar-refractivity contribution in [1.29, 1.82) is 0 Å². The zero-order valence-electron chi connectivity index (χ0n) is 8.49. The Morgan fingerprint density at radius 2 is 2.07 bits per heavy atom. The molecule has 0 aliphatic heterocycles. The molecule has 0 bridgehead atoms. The number of hydrogen-bond acceptors (Lipinski definition) is 2. The van der Waals surface area contributed by atoms with Gasteiger partial charge in [0.15, 0.2) is 6.29 Å². The molecule has 0 radical (unpaired) electrons. The lowest BCUT2D eigenvalue weighted by Crippen LogP contribution is -2.02. The van der Waals surface area contributed by atoms with Gasteiger partial charge >= 0.3 is 0 Å². The number of benzene rings is 1.